The number of nitrogens with one attached hydrogen (secondary N) is 2. The van der Waals surface area contributed by atoms with Crippen molar-refractivity contribution in [3.63, 3.8) is 0 Å². The highest BCUT2D eigenvalue weighted by Crippen LogP contribution is 2.34. The minimum Gasteiger partial charge on any atom is -0.382 e. The van der Waals surface area contributed by atoms with Crippen LogP contribution in [0.4, 0.5) is 35.2 Å². The summed E-state index contributed by atoms with van der Waals surface area (Å²) in [6.45, 7) is 3.73. The second-order valence-electron chi connectivity index (χ2n) is 8.21. The fourth-order valence-electron chi connectivity index (χ4n) is 4.22. The van der Waals surface area contributed by atoms with Crippen molar-refractivity contribution in [3.05, 3.63) is 66.4 Å². The van der Waals surface area contributed by atoms with Crippen LogP contribution in [0.2, 0.25) is 0 Å². The lowest BCUT2D eigenvalue weighted by atomic mass is 10.1. The number of nitrogens with zero attached hydrogens (tertiary/aromatic N) is 4. The number of benzene rings is 2. The van der Waals surface area contributed by atoms with E-state index >= 15 is 0 Å². The largest absolute Gasteiger partial charge is 0.416 e. The van der Waals surface area contributed by atoms with Crippen LogP contribution < -0.4 is 15.5 Å². The zero-order chi connectivity index (χ0) is 24.6. The molecule has 3 heterocycles. The fourth-order valence-corrected chi connectivity index (χ4v) is 4.22. The van der Waals surface area contributed by atoms with E-state index in [1.807, 2.05) is 29.8 Å². The van der Waals surface area contributed by atoms with Gasteiger partial charge >= 0.3 is 12.2 Å². The normalized spacial score (nSPS) is 13.8. The van der Waals surface area contributed by atoms with Gasteiger partial charge in [0, 0.05) is 30.6 Å². The number of anilines is 3. The number of alkyl halides is 3. The summed E-state index contributed by atoms with van der Waals surface area (Å²) in [6, 6.07) is 13.6. The molecule has 2 N–H and O–H groups in total. The smallest absolute Gasteiger partial charge is 0.382 e. The Kier molecular flexibility index (Phi) is 5.80. The quantitative estimate of drug-likeness (QED) is 0.378. The molecule has 0 radical (unpaired) electrons. The molecule has 0 saturated carbocycles. The van der Waals surface area contributed by atoms with Gasteiger partial charge in [0.2, 0.25) is 0 Å². The zero-order valence-corrected chi connectivity index (χ0v) is 18.9. The average Bonchev–Trinajstić information content (AvgIpc) is 3.16. The summed E-state index contributed by atoms with van der Waals surface area (Å²) in [5.74, 6) is 0.367. The van der Waals surface area contributed by atoms with Gasteiger partial charge in [-0.25, -0.2) is 9.78 Å². The maximum atomic E-state index is 13.4. The molecular weight excluding hydrogens is 457 g/mol. The van der Waals surface area contributed by atoms with Gasteiger partial charge in [0.15, 0.2) is 5.82 Å². The Balaban J connectivity index is 1.49. The number of rotatable bonds is 3. The highest BCUT2D eigenvalue weighted by atomic mass is 19.4. The molecular formula is C25H23F3N6O. The summed E-state index contributed by atoms with van der Waals surface area (Å²) in [6.07, 6.45) is -2.06. The number of halogens is 3. The van der Waals surface area contributed by atoms with Gasteiger partial charge in [-0.15, -0.1) is 0 Å². The average molecular weight is 480 g/mol. The number of hydrogen-bond donors (Lipinski definition) is 2. The number of hydrogen-bond acceptors (Lipinski definition) is 4. The van der Waals surface area contributed by atoms with Gasteiger partial charge in [0.25, 0.3) is 0 Å². The van der Waals surface area contributed by atoms with E-state index < -0.39 is 11.7 Å². The lowest BCUT2D eigenvalue weighted by Gasteiger charge is -2.22. The Bertz CT molecular complexity index is 1400. The number of carbonyl (C=O) groups excluding carboxylic acids is 1. The molecule has 0 fully saturated rings. The first kappa shape index (κ1) is 22.7. The third-order valence-corrected chi connectivity index (χ3v) is 5.96. The number of aromatic nitrogens is 3. The minimum atomic E-state index is -4.46. The van der Waals surface area contributed by atoms with E-state index in [0.717, 1.165) is 23.0 Å². The fraction of sp³-hybridized carbons (Fsp3) is 0.240. The van der Waals surface area contributed by atoms with E-state index in [1.54, 1.807) is 24.4 Å². The molecule has 180 valence electrons. The van der Waals surface area contributed by atoms with Gasteiger partial charge in [-0.1, -0.05) is 18.2 Å². The lowest BCUT2D eigenvalue weighted by molar-refractivity contribution is -0.137. The molecule has 7 nitrogen and oxygen atoms in total. The second-order valence-corrected chi connectivity index (χ2v) is 8.21. The molecule has 2 aromatic heterocycles. The molecule has 1 aliphatic heterocycles. The molecule has 5 rings (SSSR count). The highest BCUT2D eigenvalue weighted by Gasteiger charge is 2.31. The van der Waals surface area contributed by atoms with E-state index in [4.69, 9.17) is 0 Å². The van der Waals surface area contributed by atoms with Gasteiger partial charge in [0.05, 0.1) is 34.3 Å². The Morgan fingerprint density at radius 2 is 1.97 bits per heavy atom. The van der Waals surface area contributed by atoms with Gasteiger partial charge in [-0.2, -0.15) is 18.3 Å². The monoisotopic (exact) mass is 480 g/mol. The van der Waals surface area contributed by atoms with Crippen LogP contribution in [0.1, 0.15) is 18.9 Å². The van der Waals surface area contributed by atoms with Crippen molar-refractivity contribution < 1.29 is 18.0 Å². The Morgan fingerprint density at radius 3 is 2.77 bits per heavy atom. The molecule has 4 aromatic rings. The third-order valence-electron chi connectivity index (χ3n) is 5.96. The second kappa shape index (κ2) is 8.94. The third kappa shape index (κ3) is 4.39. The first-order valence-corrected chi connectivity index (χ1v) is 11.3. The predicted molar refractivity (Wildman–Crippen MR) is 130 cm³/mol. The highest BCUT2D eigenvalue weighted by molar-refractivity contribution is 6.07. The Hall–Kier alpha value is -4.08. The minimum absolute atomic E-state index is 0.323. The van der Waals surface area contributed by atoms with E-state index in [0.29, 0.717) is 54.5 Å². The van der Waals surface area contributed by atoms with Crippen LogP contribution in [0.15, 0.2) is 60.8 Å². The lowest BCUT2D eigenvalue weighted by Crippen LogP contribution is -2.36. The number of amides is 2. The van der Waals surface area contributed by atoms with Crippen molar-refractivity contribution in [1.29, 1.82) is 0 Å². The first-order chi connectivity index (χ1) is 16.8. The van der Waals surface area contributed by atoms with Crippen LogP contribution in [-0.4, -0.2) is 33.9 Å². The van der Waals surface area contributed by atoms with Crippen LogP contribution in [0.25, 0.3) is 22.2 Å². The maximum absolute atomic E-state index is 13.4. The topological polar surface area (TPSA) is 75.1 Å². The van der Waals surface area contributed by atoms with Crippen LogP contribution >= 0.6 is 0 Å². The molecule has 1 aliphatic rings. The molecule has 0 bridgehead atoms. The van der Waals surface area contributed by atoms with Crippen LogP contribution in [-0.2, 0) is 12.7 Å². The zero-order valence-electron chi connectivity index (χ0n) is 18.9. The van der Waals surface area contributed by atoms with E-state index in [9.17, 15) is 18.0 Å². The molecule has 0 unspecified atom stereocenters. The van der Waals surface area contributed by atoms with Crippen molar-refractivity contribution in [2.75, 3.05) is 28.6 Å². The summed E-state index contributed by atoms with van der Waals surface area (Å²) in [4.78, 5) is 19.5. The van der Waals surface area contributed by atoms with Crippen LogP contribution in [0.3, 0.4) is 0 Å². The summed E-state index contributed by atoms with van der Waals surface area (Å²) in [5, 5.41) is 11.4. The standard InChI is InChI=1S/C25H23F3N6O/c1-2-34-22-9-4-8-20(18(22)15-30-34)32-24(35)33-13-5-12-29-21-11-10-19(31-23(21)33)16-6-3-7-17(14-16)25(26,27)28/h3-4,6-11,14-15,29H,2,5,12-13H2,1H3,(H,32,35). The van der Waals surface area contributed by atoms with Crippen molar-refractivity contribution in [2.24, 2.45) is 0 Å². The number of aryl methyl sites for hydroxylation is 1. The van der Waals surface area contributed by atoms with Gasteiger partial charge < -0.3 is 10.6 Å². The predicted octanol–water partition coefficient (Wildman–Crippen LogP) is 5.99. The van der Waals surface area contributed by atoms with Crippen molar-refractivity contribution in [1.82, 2.24) is 14.8 Å². The molecule has 0 spiro atoms. The number of urea groups is 1. The number of pyridine rings is 1. The molecule has 35 heavy (non-hydrogen) atoms. The van der Waals surface area contributed by atoms with Crippen LogP contribution in [0.5, 0.6) is 0 Å². The van der Waals surface area contributed by atoms with Gasteiger partial charge in [0.1, 0.15) is 0 Å². The van der Waals surface area contributed by atoms with Gasteiger partial charge in [-0.05, 0) is 49.7 Å². The van der Waals surface area contributed by atoms with Crippen molar-refractivity contribution in [3.8, 4) is 11.3 Å². The SMILES string of the molecule is CCn1ncc2c(NC(=O)N3CCCNc4ccc(-c5cccc(C(F)(F)F)c5)nc43)cccc21. The molecule has 0 aliphatic carbocycles. The van der Waals surface area contributed by atoms with Crippen molar-refractivity contribution >= 4 is 34.1 Å². The first-order valence-electron chi connectivity index (χ1n) is 11.3. The molecule has 2 amide bonds. The summed E-state index contributed by atoms with van der Waals surface area (Å²) < 4.78 is 41.5. The summed E-state index contributed by atoms with van der Waals surface area (Å²) >= 11 is 0. The molecule has 2 aromatic carbocycles. The van der Waals surface area contributed by atoms with E-state index in [2.05, 4.69) is 20.7 Å². The summed E-state index contributed by atoms with van der Waals surface area (Å²) in [5.41, 5.74) is 2.10. The maximum Gasteiger partial charge on any atom is 0.416 e. The number of fused-ring (bicyclic) bond motifs is 2. The molecule has 0 atom stereocenters. The van der Waals surface area contributed by atoms with Crippen molar-refractivity contribution in [2.45, 2.75) is 26.1 Å². The van der Waals surface area contributed by atoms with Crippen LogP contribution in [0, 0.1) is 0 Å². The van der Waals surface area contributed by atoms with E-state index in [1.165, 1.54) is 11.0 Å². The molecule has 0 saturated heterocycles. The molecule has 10 heteroatoms. The Labute approximate surface area is 199 Å². The van der Waals surface area contributed by atoms with E-state index in [-0.39, 0.29) is 6.03 Å². The Morgan fingerprint density at radius 1 is 1.14 bits per heavy atom. The number of carbonyl (C=O) groups is 1. The van der Waals surface area contributed by atoms with Gasteiger partial charge in [-0.3, -0.25) is 9.58 Å². The summed E-state index contributed by atoms with van der Waals surface area (Å²) in [7, 11) is 0.